The Bertz CT molecular complexity index is 1040. The number of imidazole rings is 1. The molecule has 0 aliphatic heterocycles. The van der Waals surface area contributed by atoms with Crippen LogP contribution in [-0.4, -0.2) is 55.1 Å². The molecule has 0 radical (unpaired) electrons. The minimum Gasteiger partial charge on any atom is -0.454 e. The third-order valence-electron chi connectivity index (χ3n) is 8.69. The van der Waals surface area contributed by atoms with E-state index in [2.05, 4.69) is 25.4 Å². The molecule has 4 aliphatic carbocycles. The second-order valence-corrected chi connectivity index (χ2v) is 10.5. The predicted octanol–water partition coefficient (Wildman–Crippen LogP) is 2.04. The third-order valence-corrected chi connectivity index (χ3v) is 8.69. The highest BCUT2D eigenvalue weighted by Gasteiger charge is 2.74. The fraction of sp³-hybridized carbons (Fsp3) is 0.600. The Balaban J connectivity index is 1.63. The fourth-order valence-corrected chi connectivity index (χ4v) is 7.01. The summed E-state index contributed by atoms with van der Waals surface area (Å²) >= 11 is 0. The molecule has 7 atom stereocenters. The molecular weight excluding hydrogens is 408 g/mol. The van der Waals surface area contributed by atoms with Crippen molar-refractivity contribution in [3.63, 3.8) is 0 Å². The summed E-state index contributed by atoms with van der Waals surface area (Å²) in [5.74, 6) is -0.0216. The van der Waals surface area contributed by atoms with Crippen molar-refractivity contribution in [1.82, 2.24) is 9.55 Å². The van der Waals surface area contributed by atoms with Crippen LogP contribution in [0.1, 0.15) is 33.6 Å². The summed E-state index contributed by atoms with van der Waals surface area (Å²) in [6.45, 7) is 9.95. The van der Waals surface area contributed by atoms with E-state index in [4.69, 9.17) is 4.74 Å². The van der Waals surface area contributed by atoms with Crippen molar-refractivity contribution >= 4 is 5.78 Å². The number of aromatic nitrogens is 2. The number of rotatable bonds is 5. The second kappa shape index (κ2) is 6.89. The topological polar surface area (TPSA) is 105 Å². The summed E-state index contributed by atoms with van der Waals surface area (Å²) in [5, 5.41) is 33.9. The van der Waals surface area contributed by atoms with Gasteiger partial charge in [-0.15, -0.1) is 6.58 Å². The van der Waals surface area contributed by atoms with E-state index in [0.717, 1.165) is 6.42 Å². The first-order valence-electron chi connectivity index (χ1n) is 11.4. The van der Waals surface area contributed by atoms with Crippen molar-refractivity contribution in [3.8, 4) is 6.01 Å². The van der Waals surface area contributed by atoms with Gasteiger partial charge in [-0.1, -0.05) is 32.1 Å². The molecule has 1 heterocycles. The largest absolute Gasteiger partial charge is 0.454 e. The van der Waals surface area contributed by atoms with Crippen LogP contribution in [0.4, 0.5) is 0 Å². The number of hydrogen-bond acceptors (Lipinski definition) is 6. The first-order valence-corrected chi connectivity index (χ1v) is 11.4. The van der Waals surface area contributed by atoms with Crippen molar-refractivity contribution in [2.75, 3.05) is 6.61 Å². The van der Waals surface area contributed by atoms with Crippen LogP contribution in [0.25, 0.3) is 0 Å². The van der Waals surface area contributed by atoms with Crippen molar-refractivity contribution in [2.45, 2.75) is 58.0 Å². The molecule has 2 saturated carbocycles. The average molecular weight is 441 g/mol. The van der Waals surface area contributed by atoms with Crippen LogP contribution in [0, 0.1) is 28.6 Å². The lowest BCUT2D eigenvalue weighted by atomic mass is 9.63. The lowest BCUT2D eigenvalue weighted by Gasteiger charge is -2.46. The number of ketones is 1. The van der Waals surface area contributed by atoms with Crippen molar-refractivity contribution < 1.29 is 24.9 Å². The van der Waals surface area contributed by atoms with Gasteiger partial charge in [0.25, 0.3) is 6.01 Å². The van der Waals surface area contributed by atoms with E-state index >= 15 is 0 Å². The Morgan fingerprint density at radius 2 is 2.16 bits per heavy atom. The van der Waals surface area contributed by atoms with Crippen LogP contribution in [0.2, 0.25) is 0 Å². The lowest BCUT2D eigenvalue weighted by Crippen LogP contribution is -2.64. The maximum absolute atomic E-state index is 14.1. The molecular formula is C25H32N2O5. The third kappa shape index (κ3) is 2.53. The smallest absolute Gasteiger partial charge is 0.297 e. The number of fused-ring (bicyclic) bond motifs is 3. The van der Waals surface area contributed by atoms with Gasteiger partial charge in [-0.2, -0.15) is 0 Å². The summed E-state index contributed by atoms with van der Waals surface area (Å²) < 4.78 is 7.97. The number of allylic oxidation sites excluding steroid dienone is 2. The molecule has 0 saturated heterocycles. The van der Waals surface area contributed by atoms with Crippen LogP contribution in [0.15, 0.2) is 48.3 Å². The summed E-state index contributed by atoms with van der Waals surface area (Å²) in [6, 6.07) is 0.278. The number of aliphatic hydroxyl groups excluding tert-OH is 2. The van der Waals surface area contributed by atoms with Gasteiger partial charge in [0.05, 0.1) is 12.0 Å². The van der Waals surface area contributed by atoms with E-state index in [1.54, 1.807) is 29.1 Å². The van der Waals surface area contributed by atoms with Gasteiger partial charge in [-0.05, 0) is 48.2 Å². The standard InChI is InChI=1S/C25H32N2O5/c1-5-9-27-10-8-26-22(27)32-21-14(2)12-24-7-6-17-18(23(17,3)4)16(20(24)30)11-15(13-28)19(29)25(21,24)31/h5,8,10-12,16-19,21,28-29,31H,1,6-7,9,13H2,2-4H3/t16-,17?,18-,19+,21-,24+,25-/m0/s1. The molecule has 2 bridgehead atoms. The maximum Gasteiger partial charge on any atom is 0.297 e. The van der Waals surface area contributed by atoms with Crippen LogP contribution >= 0.6 is 0 Å². The SMILES string of the molecule is C=CCn1ccnc1O[C@H]1C(C)=C[C@@]23CCC4[C@H]([C@H](C=C(CO)[C@@H](O)[C@]12O)C3=O)C4(C)C. The second-order valence-electron chi connectivity index (χ2n) is 10.5. The summed E-state index contributed by atoms with van der Waals surface area (Å²) in [6.07, 6.45) is 7.40. The molecule has 32 heavy (non-hydrogen) atoms. The predicted molar refractivity (Wildman–Crippen MR) is 118 cm³/mol. The van der Waals surface area contributed by atoms with Gasteiger partial charge in [0.2, 0.25) is 0 Å². The summed E-state index contributed by atoms with van der Waals surface area (Å²) in [4.78, 5) is 18.4. The Kier molecular flexibility index (Phi) is 4.65. The highest BCUT2D eigenvalue weighted by molar-refractivity contribution is 5.95. The number of ether oxygens (including phenoxy) is 1. The first-order chi connectivity index (χ1) is 15.1. The van der Waals surface area contributed by atoms with E-state index < -0.39 is 35.7 Å². The molecule has 7 heteroatoms. The quantitative estimate of drug-likeness (QED) is 0.606. The highest BCUT2D eigenvalue weighted by Crippen LogP contribution is 2.70. The normalized spacial score (nSPS) is 41.6. The van der Waals surface area contributed by atoms with Crippen LogP contribution in [0.5, 0.6) is 6.01 Å². The summed E-state index contributed by atoms with van der Waals surface area (Å²) in [5.41, 5.74) is -2.24. The van der Waals surface area contributed by atoms with Gasteiger partial charge in [0.1, 0.15) is 6.10 Å². The molecule has 1 aromatic rings. The van der Waals surface area contributed by atoms with Crippen molar-refractivity contribution in [2.24, 2.45) is 28.6 Å². The van der Waals surface area contributed by atoms with Gasteiger partial charge in [-0.3, -0.25) is 9.36 Å². The molecule has 4 aliphatic rings. The van der Waals surface area contributed by atoms with E-state index in [-0.39, 0.29) is 28.7 Å². The monoisotopic (exact) mass is 440 g/mol. The number of carbonyl (C=O) groups is 1. The highest BCUT2D eigenvalue weighted by atomic mass is 16.5. The van der Waals surface area contributed by atoms with E-state index in [9.17, 15) is 20.1 Å². The molecule has 1 aromatic heterocycles. The first kappa shape index (κ1) is 21.6. The molecule has 5 rings (SSSR count). The molecule has 7 nitrogen and oxygen atoms in total. The van der Waals surface area contributed by atoms with E-state index in [0.29, 0.717) is 24.5 Å². The fourth-order valence-electron chi connectivity index (χ4n) is 7.01. The molecule has 0 aromatic carbocycles. The van der Waals surface area contributed by atoms with Gasteiger partial charge in [0.15, 0.2) is 17.5 Å². The summed E-state index contributed by atoms with van der Waals surface area (Å²) in [7, 11) is 0. The van der Waals surface area contributed by atoms with Gasteiger partial charge < -0.3 is 20.1 Å². The van der Waals surface area contributed by atoms with Crippen LogP contribution in [-0.2, 0) is 11.3 Å². The molecule has 172 valence electrons. The number of Topliss-reactive ketones (excluding diaryl/α,β-unsaturated/α-hetero) is 1. The molecule has 1 spiro atoms. The molecule has 2 fully saturated rings. The Hall–Kier alpha value is -2.22. The van der Waals surface area contributed by atoms with Crippen LogP contribution < -0.4 is 4.74 Å². The van der Waals surface area contributed by atoms with Gasteiger partial charge in [-0.25, -0.2) is 4.98 Å². The lowest BCUT2D eigenvalue weighted by molar-refractivity contribution is -0.178. The zero-order valence-corrected chi connectivity index (χ0v) is 18.9. The van der Waals surface area contributed by atoms with Crippen LogP contribution in [0.3, 0.4) is 0 Å². The van der Waals surface area contributed by atoms with Gasteiger partial charge >= 0.3 is 0 Å². The number of nitrogens with zero attached hydrogens (tertiary/aromatic N) is 2. The van der Waals surface area contributed by atoms with Crippen molar-refractivity contribution in [3.05, 3.63) is 48.3 Å². The Morgan fingerprint density at radius 1 is 1.41 bits per heavy atom. The van der Waals surface area contributed by atoms with E-state index in [1.165, 1.54) is 0 Å². The maximum atomic E-state index is 14.1. The van der Waals surface area contributed by atoms with Gasteiger partial charge in [0, 0.05) is 24.9 Å². The van der Waals surface area contributed by atoms with Crippen molar-refractivity contribution in [1.29, 1.82) is 0 Å². The molecule has 3 N–H and O–H groups in total. The number of aliphatic hydroxyl groups is 3. The zero-order chi connectivity index (χ0) is 23.1. The van der Waals surface area contributed by atoms with E-state index in [1.807, 2.05) is 13.0 Å². The minimum atomic E-state index is -1.94. The minimum absolute atomic E-state index is 0.0229. The molecule has 0 amide bonds. The number of carbonyl (C=O) groups excluding carboxylic acids is 1. The zero-order valence-electron chi connectivity index (χ0n) is 18.9. The number of hydrogen-bond donors (Lipinski definition) is 3. The molecule has 1 unspecified atom stereocenters. The average Bonchev–Trinajstić information content (AvgIpc) is 3.02. The Labute approximate surface area is 188 Å². The Morgan fingerprint density at radius 3 is 2.84 bits per heavy atom.